The van der Waals surface area contributed by atoms with Crippen LogP contribution in [0.15, 0.2) is 18.2 Å². The third-order valence-electron chi connectivity index (χ3n) is 1.64. The van der Waals surface area contributed by atoms with Crippen LogP contribution in [-0.2, 0) is 5.88 Å². The zero-order chi connectivity index (χ0) is 11.5. The van der Waals surface area contributed by atoms with Crippen molar-refractivity contribution in [3.63, 3.8) is 0 Å². The van der Waals surface area contributed by atoms with Gasteiger partial charge in [-0.25, -0.2) is 0 Å². The van der Waals surface area contributed by atoms with E-state index in [0.717, 1.165) is 0 Å². The summed E-state index contributed by atoms with van der Waals surface area (Å²) in [5.74, 6) is -0.462. The molecule has 0 aliphatic rings. The zero-order valence-corrected chi connectivity index (χ0v) is 8.52. The van der Waals surface area contributed by atoms with Gasteiger partial charge in [0, 0.05) is 5.56 Å². The van der Waals surface area contributed by atoms with Gasteiger partial charge in [-0.3, -0.25) is 0 Å². The molecule has 0 N–H and O–H groups in total. The molecule has 0 saturated carbocycles. The van der Waals surface area contributed by atoms with Gasteiger partial charge in [-0.15, -0.1) is 24.8 Å². The molecule has 0 fully saturated rings. The number of rotatable bonds is 3. The normalized spacial score (nSPS) is 11.3. The highest BCUT2D eigenvalue weighted by Gasteiger charge is 2.33. The fourth-order valence-corrected chi connectivity index (χ4v) is 1.27. The Morgan fingerprint density at radius 3 is 2.47 bits per heavy atom. The van der Waals surface area contributed by atoms with Crippen molar-refractivity contribution >= 4 is 11.6 Å². The average molecular weight is 241 g/mol. The fourth-order valence-electron chi connectivity index (χ4n) is 1.06. The minimum atomic E-state index is -4.75. The molecule has 15 heavy (non-hydrogen) atoms. The van der Waals surface area contributed by atoms with E-state index in [1.165, 1.54) is 19.2 Å². The summed E-state index contributed by atoms with van der Waals surface area (Å²) < 4.78 is 44.7. The number of alkyl halides is 4. The lowest BCUT2D eigenvalue weighted by molar-refractivity contribution is -0.275. The van der Waals surface area contributed by atoms with Crippen LogP contribution in [0, 0.1) is 0 Å². The Hall–Kier alpha value is -1.10. The van der Waals surface area contributed by atoms with Crippen molar-refractivity contribution in [2.75, 3.05) is 7.11 Å². The number of benzene rings is 1. The maximum absolute atomic E-state index is 12.1. The monoisotopic (exact) mass is 240 g/mol. The lowest BCUT2D eigenvalue weighted by atomic mass is 10.2. The van der Waals surface area contributed by atoms with Gasteiger partial charge in [0.15, 0.2) is 11.5 Å². The summed E-state index contributed by atoms with van der Waals surface area (Å²) in [6.45, 7) is 0. The van der Waals surface area contributed by atoms with E-state index in [1.807, 2.05) is 0 Å². The Bertz CT molecular complexity index is 316. The summed E-state index contributed by atoms with van der Waals surface area (Å²) >= 11 is 5.49. The molecule has 6 heteroatoms. The van der Waals surface area contributed by atoms with Gasteiger partial charge in [-0.1, -0.05) is 12.1 Å². The van der Waals surface area contributed by atoms with Gasteiger partial charge in [0.05, 0.1) is 13.0 Å². The molecular formula is C9H8ClF3O2. The van der Waals surface area contributed by atoms with Crippen LogP contribution in [0.2, 0.25) is 0 Å². The molecule has 0 spiro atoms. The Morgan fingerprint density at radius 1 is 1.33 bits per heavy atom. The highest BCUT2D eigenvalue weighted by Crippen LogP contribution is 2.36. The summed E-state index contributed by atoms with van der Waals surface area (Å²) in [4.78, 5) is 0. The molecule has 2 nitrogen and oxygen atoms in total. The first-order valence-electron chi connectivity index (χ1n) is 3.95. The predicted octanol–water partition coefficient (Wildman–Crippen LogP) is 3.33. The van der Waals surface area contributed by atoms with E-state index in [2.05, 4.69) is 4.74 Å². The molecule has 0 atom stereocenters. The Kier molecular flexibility index (Phi) is 3.68. The van der Waals surface area contributed by atoms with Gasteiger partial charge in [-0.2, -0.15) is 0 Å². The summed E-state index contributed by atoms with van der Waals surface area (Å²) in [7, 11) is 1.26. The summed E-state index contributed by atoms with van der Waals surface area (Å²) in [6.07, 6.45) is -4.75. The number of para-hydroxylation sites is 1. The van der Waals surface area contributed by atoms with Gasteiger partial charge in [0.25, 0.3) is 0 Å². The van der Waals surface area contributed by atoms with Crippen LogP contribution in [0.3, 0.4) is 0 Å². The van der Waals surface area contributed by atoms with Crippen LogP contribution in [-0.4, -0.2) is 13.5 Å². The minimum Gasteiger partial charge on any atom is -0.493 e. The van der Waals surface area contributed by atoms with E-state index >= 15 is 0 Å². The molecule has 0 aromatic heterocycles. The van der Waals surface area contributed by atoms with Gasteiger partial charge >= 0.3 is 6.36 Å². The molecule has 1 aromatic carbocycles. The van der Waals surface area contributed by atoms with Gasteiger partial charge in [0.1, 0.15) is 0 Å². The van der Waals surface area contributed by atoms with E-state index < -0.39 is 6.36 Å². The third kappa shape index (κ3) is 3.20. The first kappa shape index (κ1) is 12.0. The second-order valence-corrected chi connectivity index (χ2v) is 2.90. The Morgan fingerprint density at radius 2 is 2.00 bits per heavy atom. The molecule has 0 unspecified atom stereocenters. The first-order valence-corrected chi connectivity index (χ1v) is 4.49. The topological polar surface area (TPSA) is 18.5 Å². The summed E-state index contributed by atoms with van der Waals surface area (Å²) in [5.41, 5.74) is 0.230. The lowest BCUT2D eigenvalue weighted by Crippen LogP contribution is -2.18. The largest absolute Gasteiger partial charge is 0.573 e. The first-order chi connectivity index (χ1) is 6.98. The summed E-state index contributed by atoms with van der Waals surface area (Å²) in [6, 6.07) is 4.35. The molecular weight excluding hydrogens is 233 g/mol. The molecule has 84 valence electrons. The van der Waals surface area contributed by atoms with Crippen molar-refractivity contribution in [1.82, 2.24) is 0 Å². The van der Waals surface area contributed by atoms with Crippen molar-refractivity contribution in [2.24, 2.45) is 0 Å². The highest BCUT2D eigenvalue weighted by molar-refractivity contribution is 6.17. The summed E-state index contributed by atoms with van der Waals surface area (Å²) in [5, 5.41) is 0. The molecule has 0 bridgehead atoms. The SMILES string of the molecule is COc1cccc(CCl)c1OC(F)(F)F. The highest BCUT2D eigenvalue weighted by atomic mass is 35.5. The smallest absolute Gasteiger partial charge is 0.493 e. The Balaban J connectivity index is 3.11. The number of halogens is 4. The van der Waals surface area contributed by atoms with Gasteiger partial charge in [-0.05, 0) is 6.07 Å². The van der Waals surface area contributed by atoms with Crippen LogP contribution in [0.1, 0.15) is 5.56 Å². The molecule has 1 rings (SSSR count). The second-order valence-electron chi connectivity index (χ2n) is 2.63. The fraction of sp³-hybridized carbons (Fsp3) is 0.333. The lowest BCUT2D eigenvalue weighted by Gasteiger charge is -2.14. The van der Waals surface area contributed by atoms with E-state index in [0.29, 0.717) is 0 Å². The molecule has 1 aromatic rings. The minimum absolute atomic E-state index is 0.00507. The van der Waals surface area contributed by atoms with Gasteiger partial charge in [0.2, 0.25) is 0 Å². The third-order valence-corrected chi connectivity index (χ3v) is 1.93. The van der Waals surface area contributed by atoms with Crippen LogP contribution < -0.4 is 9.47 Å². The number of methoxy groups -OCH3 is 1. The molecule has 0 aliphatic carbocycles. The van der Waals surface area contributed by atoms with Crippen LogP contribution in [0.5, 0.6) is 11.5 Å². The van der Waals surface area contributed by atoms with Crippen molar-refractivity contribution in [3.8, 4) is 11.5 Å². The second kappa shape index (κ2) is 4.61. The van der Waals surface area contributed by atoms with E-state index in [4.69, 9.17) is 16.3 Å². The van der Waals surface area contributed by atoms with E-state index in [1.54, 1.807) is 6.07 Å². The van der Waals surface area contributed by atoms with E-state index in [9.17, 15) is 13.2 Å². The number of ether oxygens (including phenoxy) is 2. The molecule has 0 saturated heterocycles. The molecule has 0 aliphatic heterocycles. The number of hydrogen-bond donors (Lipinski definition) is 0. The number of hydrogen-bond acceptors (Lipinski definition) is 2. The maximum Gasteiger partial charge on any atom is 0.573 e. The van der Waals surface area contributed by atoms with Crippen molar-refractivity contribution in [2.45, 2.75) is 12.2 Å². The molecule has 0 amide bonds. The van der Waals surface area contributed by atoms with Crippen molar-refractivity contribution in [3.05, 3.63) is 23.8 Å². The predicted molar refractivity (Wildman–Crippen MR) is 49.2 cm³/mol. The standard InChI is InChI=1S/C9H8ClF3O2/c1-14-7-4-2-3-6(5-10)8(7)15-9(11,12)13/h2-4H,5H2,1H3. The van der Waals surface area contributed by atoms with Crippen LogP contribution >= 0.6 is 11.6 Å². The van der Waals surface area contributed by atoms with Crippen molar-refractivity contribution in [1.29, 1.82) is 0 Å². The molecule has 0 radical (unpaired) electrons. The molecule has 0 heterocycles. The van der Waals surface area contributed by atoms with Crippen molar-refractivity contribution < 1.29 is 22.6 Å². The average Bonchev–Trinajstić information content (AvgIpc) is 2.16. The Labute approximate surface area is 89.6 Å². The van der Waals surface area contributed by atoms with E-state index in [-0.39, 0.29) is 22.9 Å². The van der Waals surface area contributed by atoms with Crippen LogP contribution in [0.25, 0.3) is 0 Å². The van der Waals surface area contributed by atoms with Gasteiger partial charge < -0.3 is 9.47 Å². The zero-order valence-electron chi connectivity index (χ0n) is 7.77. The maximum atomic E-state index is 12.1. The van der Waals surface area contributed by atoms with Crippen LogP contribution in [0.4, 0.5) is 13.2 Å². The quantitative estimate of drug-likeness (QED) is 0.755.